The molecule has 0 aliphatic heterocycles. The highest BCUT2D eigenvalue weighted by Crippen LogP contribution is 2.39. The quantitative estimate of drug-likeness (QED) is 0.583. The normalized spacial score (nSPS) is 15.6. The van der Waals surface area contributed by atoms with Crippen LogP contribution >= 0.6 is 0 Å². The maximum atomic E-state index is 12.6. The molecule has 0 aromatic rings. The lowest BCUT2D eigenvalue weighted by Gasteiger charge is -2.43. The SMILES string of the molecule is CCC(O)(CC)C(O[Si](C)(C)C(C)(C)C)C(=O)OC(C)(C)C. The molecule has 4 nitrogen and oxygen atoms in total. The van der Waals surface area contributed by atoms with Gasteiger partial charge in [0, 0.05) is 0 Å². The Morgan fingerprint density at radius 1 is 1.05 bits per heavy atom. The van der Waals surface area contributed by atoms with E-state index in [4.69, 9.17) is 9.16 Å². The molecule has 0 fully saturated rings. The van der Waals surface area contributed by atoms with Crippen molar-refractivity contribution in [2.24, 2.45) is 0 Å². The average Bonchev–Trinajstić information content (AvgIpc) is 2.31. The van der Waals surface area contributed by atoms with Crippen molar-refractivity contribution in [3.05, 3.63) is 0 Å². The topological polar surface area (TPSA) is 55.8 Å². The van der Waals surface area contributed by atoms with Gasteiger partial charge in [0.2, 0.25) is 0 Å². The van der Waals surface area contributed by atoms with Crippen LogP contribution in [0.1, 0.15) is 68.2 Å². The Kier molecular flexibility index (Phi) is 6.89. The van der Waals surface area contributed by atoms with Gasteiger partial charge in [-0.1, -0.05) is 34.6 Å². The fraction of sp³-hybridized carbons (Fsp3) is 0.941. The number of ether oxygens (including phenoxy) is 1. The fourth-order valence-corrected chi connectivity index (χ4v) is 3.08. The molecule has 0 aromatic carbocycles. The average molecular weight is 333 g/mol. The van der Waals surface area contributed by atoms with E-state index in [1.165, 1.54) is 0 Å². The third kappa shape index (κ3) is 5.67. The van der Waals surface area contributed by atoms with Gasteiger partial charge in [0.1, 0.15) is 5.60 Å². The standard InChI is InChI=1S/C17H36O4Si/c1-11-17(19,12-2)13(14(18)20-15(3,4)5)21-22(9,10)16(6,7)8/h13,19H,11-12H2,1-10H3. The Morgan fingerprint density at radius 2 is 1.45 bits per heavy atom. The Morgan fingerprint density at radius 3 is 1.73 bits per heavy atom. The minimum absolute atomic E-state index is 0.0460. The van der Waals surface area contributed by atoms with E-state index in [1.807, 2.05) is 34.6 Å². The summed E-state index contributed by atoms with van der Waals surface area (Å²) >= 11 is 0. The molecule has 5 heteroatoms. The molecule has 22 heavy (non-hydrogen) atoms. The van der Waals surface area contributed by atoms with Crippen molar-refractivity contribution in [1.29, 1.82) is 0 Å². The maximum absolute atomic E-state index is 12.6. The van der Waals surface area contributed by atoms with E-state index < -0.39 is 31.6 Å². The number of rotatable bonds is 6. The van der Waals surface area contributed by atoms with Crippen LogP contribution in [-0.2, 0) is 14.0 Å². The molecule has 0 saturated carbocycles. The Balaban J connectivity index is 5.60. The van der Waals surface area contributed by atoms with Crippen LogP contribution in [0.4, 0.5) is 0 Å². The largest absolute Gasteiger partial charge is 0.458 e. The second kappa shape index (κ2) is 7.01. The molecule has 1 unspecified atom stereocenters. The minimum Gasteiger partial charge on any atom is -0.458 e. The summed E-state index contributed by atoms with van der Waals surface area (Å²) in [6.07, 6.45) is -0.0491. The van der Waals surface area contributed by atoms with E-state index in [1.54, 1.807) is 0 Å². The first kappa shape index (κ1) is 21.6. The van der Waals surface area contributed by atoms with Gasteiger partial charge in [-0.25, -0.2) is 4.79 Å². The van der Waals surface area contributed by atoms with Crippen molar-refractivity contribution >= 4 is 14.3 Å². The van der Waals surface area contributed by atoms with Crippen LogP contribution in [0, 0.1) is 0 Å². The number of esters is 1. The molecule has 1 atom stereocenters. The van der Waals surface area contributed by atoms with E-state index in [0.717, 1.165) is 0 Å². The fourth-order valence-electron chi connectivity index (χ4n) is 1.82. The zero-order valence-electron chi connectivity index (χ0n) is 16.2. The number of hydrogen-bond acceptors (Lipinski definition) is 4. The number of carbonyl (C=O) groups is 1. The highest BCUT2D eigenvalue weighted by Gasteiger charge is 2.48. The molecule has 0 amide bonds. The molecule has 0 aromatic heterocycles. The highest BCUT2D eigenvalue weighted by atomic mass is 28.4. The molecule has 0 radical (unpaired) electrons. The van der Waals surface area contributed by atoms with Crippen LogP contribution in [0.3, 0.4) is 0 Å². The summed E-state index contributed by atoms with van der Waals surface area (Å²) in [5.74, 6) is -0.469. The predicted octanol–water partition coefficient (Wildman–Crippen LogP) is 4.27. The van der Waals surface area contributed by atoms with E-state index in [-0.39, 0.29) is 5.04 Å². The number of carbonyl (C=O) groups excluding carboxylic acids is 1. The van der Waals surface area contributed by atoms with Crippen molar-refractivity contribution in [1.82, 2.24) is 0 Å². The molecule has 0 saturated heterocycles. The van der Waals surface area contributed by atoms with Gasteiger partial charge in [0.15, 0.2) is 14.4 Å². The summed E-state index contributed by atoms with van der Waals surface area (Å²) in [5.41, 5.74) is -1.80. The van der Waals surface area contributed by atoms with Crippen LogP contribution in [0.15, 0.2) is 0 Å². The second-order valence-electron chi connectivity index (χ2n) is 8.60. The minimum atomic E-state index is -2.21. The highest BCUT2D eigenvalue weighted by molar-refractivity contribution is 6.74. The van der Waals surface area contributed by atoms with Crippen LogP contribution in [0.2, 0.25) is 18.1 Å². The molecule has 0 rings (SSSR count). The van der Waals surface area contributed by atoms with Gasteiger partial charge in [-0.3, -0.25) is 0 Å². The maximum Gasteiger partial charge on any atom is 0.337 e. The Hall–Kier alpha value is -0.393. The van der Waals surface area contributed by atoms with Gasteiger partial charge in [-0.05, 0) is 51.7 Å². The van der Waals surface area contributed by atoms with Crippen molar-refractivity contribution in [2.45, 2.75) is 104 Å². The van der Waals surface area contributed by atoms with Crippen LogP contribution in [0.25, 0.3) is 0 Å². The monoisotopic (exact) mass is 332 g/mol. The third-order valence-electron chi connectivity index (χ3n) is 4.55. The molecule has 132 valence electrons. The summed E-state index contributed by atoms with van der Waals surface area (Å²) in [5, 5.41) is 10.8. The smallest absolute Gasteiger partial charge is 0.337 e. The van der Waals surface area contributed by atoms with Gasteiger partial charge in [-0.2, -0.15) is 0 Å². The lowest BCUT2D eigenvalue weighted by molar-refractivity contribution is -0.179. The first-order chi connectivity index (χ1) is 9.59. The Labute approximate surface area is 137 Å². The Bertz CT molecular complexity index is 373. The third-order valence-corrected chi connectivity index (χ3v) is 8.99. The zero-order valence-corrected chi connectivity index (χ0v) is 17.2. The van der Waals surface area contributed by atoms with Crippen LogP contribution < -0.4 is 0 Å². The van der Waals surface area contributed by atoms with Crippen LogP contribution in [-0.4, -0.2) is 36.7 Å². The molecule has 1 N–H and O–H groups in total. The van der Waals surface area contributed by atoms with Gasteiger partial charge in [0.25, 0.3) is 0 Å². The summed E-state index contributed by atoms with van der Waals surface area (Å²) in [6, 6.07) is 0. The summed E-state index contributed by atoms with van der Waals surface area (Å²) in [6.45, 7) is 19.7. The molecular weight excluding hydrogens is 296 g/mol. The zero-order chi connectivity index (χ0) is 18.0. The van der Waals surface area contributed by atoms with Gasteiger partial charge in [-0.15, -0.1) is 0 Å². The van der Waals surface area contributed by atoms with Crippen molar-refractivity contribution in [3.63, 3.8) is 0 Å². The summed E-state index contributed by atoms with van der Waals surface area (Å²) in [4.78, 5) is 12.6. The molecule has 0 bridgehead atoms. The lowest BCUT2D eigenvalue weighted by Crippen LogP contribution is -2.56. The second-order valence-corrected chi connectivity index (χ2v) is 13.4. The van der Waals surface area contributed by atoms with E-state index >= 15 is 0 Å². The molecule has 0 aliphatic rings. The van der Waals surface area contributed by atoms with Crippen LogP contribution in [0.5, 0.6) is 0 Å². The first-order valence-corrected chi connectivity index (χ1v) is 11.1. The molecule has 0 heterocycles. The number of aliphatic hydroxyl groups is 1. The molecular formula is C17H36O4Si. The molecule has 0 spiro atoms. The first-order valence-electron chi connectivity index (χ1n) is 8.22. The van der Waals surface area contributed by atoms with E-state index in [2.05, 4.69) is 33.9 Å². The van der Waals surface area contributed by atoms with Gasteiger partial charge >= 0.3 is 5.97 Å². The summed E-state index contributed by atoms with van der Waals surface area (Å²) < 4.78 is 11.8. The summed E-state index contributed by atoms with van der Waals surface area (Å²) in [7, 11) is -2.21. The van der Waals surface area contributed by atoms with E-state index in [0.29, 0.717) is 12.8 Å². The van der Waals surface area contributed by atoms with Crippen molar-refractivity contribution in [3.8, 4) is 0 Å². The molecule has 0 aliphatic carbocycles. The van der Waals surface area contributed by atoms with Crippen molar-refractivity contribution in [2.75, 3.05) is 0 Å². The predicted molar refractivity (Wildman–Crippen MR) is 93.4 cm³/mol. The lowest BCUT2D eigenvalue weighted by atomic mass is 9.90. The van der Waals surface area contributed by atoms with Gasteiger partial charge < -0.3 is 14.3 Å². The van der Waals surface area contributed by atoms with Crippen molar-refractivity contribution < 1.29 is 19.1 Å². The number of hydrogen-bond donors (Lipinski definition) is 1. The van der Waals surface area contributed by atoms with E-state index in [9.17, 15) is 9.90 Å². The van der Waals surface area contributed by atoms with Gasteiger partial charge in [0.05, 0.1) is 5.60 Å².